The first kappa shape index (κ1) is 19.1. The number of hydrogen-bond donors (Lipinski definition) is 1. The van der Waals surface area contributed by atoms with Crippen molar-refractivity contribution >= 4 is 11.7 Å². The van der Waals surface area contributed by atoms with Crippen LogP contribution in [0.3, 0.4) is 0 Å². The maximum Gasteiger partial charge on any atom is 0.321 e. The molecular formula is C21H28N4O2. The Morgan fingerprint density at radius 1 is 1.07 bits per heavy atom. The average molecular weight is 368 g/mol. The van der Waals surface area contributed by atoms with Gasteiger partial charge in [0.05, 0.1) is 5.69 Å². The van der Waals surface area contributed by atoms with E-state index >= 15 is 0 Å². The molecule has 6 heteroatoms. The number of ether oxygens (including phenoxy) is 1. The molecule has 0 unspecified atom stereocenters. The van der Waals surface area contributed by atoms with E-state index in [2.05, 4.69) is 48.4 Å². The molecule has 0 saturated carbocycles. The van der Waals surface area contributed by atoms with Crippen molar-refractivity contribution in [1.29, 1.82) is 0 Å². The molecule has 1 aromatic carbocycles. The van der Waals surface area contributed by atoms with Crippen LogP contribution in [0.4, 0.5) is 10.5 Å². The lowest BCUT2D eigenvalue weighted by molar-refractivity contribution is 0.110. The lowest BCUT2D eigenvalue weighted by Gasteiger charge is -2.31. The van der Waals surface area contributed by atoms with Crippen molar-refractivity contribution in [3.05, 3.63) is 47.7 Å². The van der Waals surface area contributed by atoms with Crippen LogP contribution in [0, 0.1) is 6.92 Å². The van der Waals surface area contributed by atoms with Crippen LogP contribution in [-0.4, -0.2) is 40.3 Å². The number of carbonyl (C=O) groups is 1. The van der Waals surface area contributed by atoms with E-state index in [-0.39, 0.29) is 17.6 Å². The highest BCUT2D eigenvalue weighted by molar-refractivity contribution is 5.89. The largest absolute Gasteiger partial charge is 0.473 e. The molecule has 2 aromatic rings. The summed E-state index contributed by atoms with van der Waals surface area (Å²) in [5.74, 6) is 0.544. The zero-order valence-corrected chi connectivity index (χ0v) is 16.5. The Kier molecular flexibility index (Phi) is 5.63. The number of aromatic nitrogens is 2. The molecular weight excluding hydrogens is 340 g/mol. The third-order valence-corrected chi connectivity index (χ3v) is 4.79. The minimum absolute atomic E-state index is 0.0629. The number of rotatable bonds is 3. The van der Waals surface area contributed by atoms with Crippen molar-refractivity contribution < 1.29 is 9.53 Å². The number of amides is 2. The lowest BCUT2D eigenvalue weighted by atomic mass is 9.87. The van der Waals surface area contributed by atoms with Crippen LogP contribution in [0.25, 0.3) is 0 Å². The summed E-state index contributed by atoms with van der Waals surface area (Å²) in [6, 6.07) is 11.7. The van der Waals surface area contributed by atoms with E-state index in [1.54, 1.807) is 0 Å². The molecule has 3 rings (SSSR count). The second-order valence-corrected chi connectivity index (χ2v) is 8.07. The molecule has 2 amide bonds. The Morgan fingerprint density at radius 3 is 2.30 bits per heavy atom. The van der Waals surface area contributed by atoms with Gasteiger partial charge in [-0.3, -0.25) is 0 Å². The first-order chi connectivity index (χ1) is 12.8. The van der Waals surface area contributed by atoms with Crippen LogP contribution in [0.1, 0.15) is 44.9 Å². The first-order valence-electron chi connectivity index (χ1n) is 9.45. The van der Waals surface area contributed by atoms with Crippen LogP contribution in [0.15, 0.2) is 36.4 Å². The molecule has 0 atom stereocenters. The second kappa shape index (κ2) is 7.94. The SMILES string of the molecule is Cc1ccc(OC2CCN(C(=O)Nc3ccc(C(C)(C)C)cc3)CC2)nn1. The third kappa shape index (κ3) is 5.18. The lowest BCUT2D eigenvalue weighted by Crippen LogP contribution is -2.43. The maximum atomic E-state index is 12.5. The molecule has 144 valence electrons. The van der Waals surface area contributed by atoms with Crippen molar-refractivity contribution in [2.75, 3.05) is 18.4 Å². The standard InChI is InChI=1S/C21H28N4O2/c1-15-5-10-19(24-23-15)27-18-11-13-25(14-12-18)20(26)22-17-8-6-16(7-9-17)21(2,3)4/h5-10,18H,11-14H2,1-4H3,(H,22,26). The molecule has 0 aliphatic carbocycles. The van der Waals surface area contributed by atoms with Gasteiger partial charge in [-0.05, 0) is 36.1 Å². The van der Waals surface area contributed by atoms with Gasteiger partial charge in [-0.2, -0.15) is 5.10 Å². The van der Waals surface area contributed by atoms with Crippen LogP contribution < -0.4 is 10.1 Å². The molecule has 1 saturated heterocycles. The van der Waals surface area contributed by atoms with Gasteiger partial charge in [-0.25, -0.2) is 4.79 Å². The van der Waals surface area contributed by atoms with Crippen molar-refractivity contribution in [3.63, 3.8) is 0 Å². The Hall–Kier alpha value is -2.63. The number of anilines is 1. The highest BCUT2D eigenvalue weighted by Gasteiger charge is 2.24. The number of urea groups is 1. The molecule has 0 spiro atoms. The summed E-state index contributed by atoms with van der Waals surface area (Å²) in [4.78, 5) is 14.3. The topological polar surface area (TPSA) is 67.3 Å². The van der Waals surface area contributed by atoms with Gasteiger partial charge in [0.1, 0.15) is 6.10 Å². The number of likely N-dealkylation sites (tertiary alicyclic amines) is 1. The number of aryl methyl sites for hydroxylation is 1. The molecule has 1 fully saturated rings. The van der Waals surface area contributed by atoms with Gasteiger partial charge >= 0.3 is 6.03 Å². The summed E-state index contributed by atoms with van der Waals surface area (Å²) >= 11 is 0. The number of piperidine rings is 1. The van der Waals surface area contributed by atoms with E-state index in [1.807, 2.05) is 36.1 Å². The van der Waals surface area contributed by atoms with Crippen molar-refractivity contribution in [2.24, 2.45) is 0 Å². The highest BCUT2D eigenvalue weighted by Crippen LogP contribution is 2.24. The molecule has 0 bridgehead atoms. The quantitative estimate of drug-likeness (QED) is 0.883. The third-order valence-electron chi connectivity index (χ3n) is 4.79. The summed E-state index contributed by atoms with van der Waals surface area (Å²) in [5, 5.41) is 11.0. The number of benzene rings is 1. The summed E-state index contributed by atoms with van der Waals surface area (Å²) in [6.07, 6.45) is 1.63. The monoisotopic (exact) mass is 368 g/mol. The summed E-state index contributed by atoms with van der Waals surface area (Å²) in [6.45, 7) is 9.75. The fraction of sp³-hybridized carbons (Fsp3) is 0.476. The van der Waals surface area contributed by atoms with Crippen LogP contribution in [-0.2, 0) is 5.41 Å². The minimum atomic E-state index is -0.0629. The molecule has 27 heavy (non-hydrogen) atoms. The number of nitrogens with zero attached hydrogens (tertiary/aromatic N) is 3. The zero-order chi connectivity index (χ0) is 19.4. The fourth-order valence-electron chi connectivity index (χ4n) is 3.05. The Labute approximate surface area is 160 Å². The maximum absolute atomic E-state index is 12.5. The Balaban J connectivity index is 1.49. The second-order valence-electron chi connectivity index (χ2n) is 8.07. The predicted octanol–water partition coefficient (Wildman–Crippen LogP) is 4.16. The van der Waals surface area contributed by atoms with Gasteiger partial charge in [0.2, 0.25) is 5.88 Å². The van der Waals surface area contributed by atoms with E-state index < -0.39 is 0 Å². The van der Waals surface area contributed by atoms with E-state index in [0.717, 1.165) is 24.2 Å². The van der Waals surface area contributed by atoms with Gasteiger partial charge < -0.3 is 15.0 Å². The van der Waals surface area contributed by atoms with Crippen LogP contribution in [0.5, 0.6) is 5.88 Å². The van der Waals surface area contributed by atoms with E-state index in [9.17, 15) is 4.79 Å². The zero-order valence-electron chi connectivity index (χ0n) is 16.5. The van der Waals surface area contributed by atoms with Crippen LogP contribution in [0.2, 0.25) is 0 Å². The summed E-state index contributed by atoms with van der Waals surface area (Å²) in [7, 11) is 0. The van der Waals surface area contributed by atoms with E-state index in [4.69, 9.17) is 4.74 Å². The first-order valence-corrected chi connectivity index (χ1v) is 9.45. The summed E-state index contributed by atoms with van der Waals surface area (Å²) < 4.78 is 5.87. The van der Waals surface area contributed by atoms with Crippen LogP contribution >= 0.6 is 0 Å². The Bertz CT molecular complexity index is 758. The smallest absolute Gasteiger partial charge is 0.321 e. The van der Waals surface area contributed by atoms with E-state index in [1.165, 1.54) is 5.56 Å². The fourth-order valence-corrected chi connectivity index (χ4v) is 3.05. The highest BCUT2D eigenvalue weighted by atomic mass is 16.5. The van der Waals surface area contributed by atoms with Crippen molar-refractivity contribution in [2.45, 2.75) is 52.1 Å². The molecule has 2 heterocycles. The van der Waals surface area contributed by atoms with Gasteiger partial charge in [0.15, 0.2) is 0 Å². The van der Waals surface area contributed by atoms with E-state index in [0.29, 0.717) is 19.0 Å². The van der Waals surface area contributed by atoms with Crippen molar-refractivity contribution in [3.8, 4) is 5.88 Å². The minimum Gasteiger partial charge on any atom is -0.473 e. The number of carbonyl (C=O) groups excluding carboxylic acids is 1. The summed E-state index contributed by atoms with van der Waals surface area (Å²) in [5.41, 5.74) is 3.04. The predicted molar refractivity (Wildman–Crippen MR) is 106 cm³/mol. The van der Waals surface area contributed by atoms with Gasteiger partial charge in [-0.1, -0.05) is 32.9 Å². The average Bonchev–Trinajstić information content (AvgIpc) is 2.64. The molecule has 1 aliphatic heterocycles. The molecule has 6 nitrogen and oxygen atoms in total. The van der Waals surface area contributed by atoms with Crippen molar-refractivity contribution in [1.82, 2.24) is 15.1 Å². The van der Waals surface area contributed by atoms with Gasteiger partial charge in [0, 0.05) is 37.7 Å². The number of hydrogen-bond acceptors (Lipinski definition) is 4. The molecule has 1 aliphatic rings. The van der Waals surface area contributed by atoms with Gasteiger partial charge in [0.25, 0.3) is 0 Å². The molecule has 1 aromatic heterocycles. The molecule has 1 N–H and O–H groups in total. The normalized spacial score (nSPS) is 15.5. The number of nitrogens with one attached hydrogen (secondary N) is 1. The molecule has 0 radical (unpaired) electrons. The Morgan fingerprint density at radius 2 is 1.74 bits per heavy atom. The van der Waals surface area contributed by atoms with Gasteiger partial charge in [-0.15, -0.1) is 5.10 Å².